The average molecular weight is 380 g/mol. The van der Waals surface area contributed by atoms with Crippen molar-refractivity contribution >= 4 is 11.8 Å². The summed E-state index contributed by atoms with van der Waals surface area (Å²) in [7, 11) is 0. The summed E-state index contributed by atoms with van der Waals surface area (Å²) < 4.78 is 0. The number of nitrogens with zero attached hydrogens (tertiary/aromatic N) is 1. The van der Waals surface area contributed by atoms with Gasteiger partial charge in [-0.1, -0.05) is 32.1 Å². The first-order chi connectivity index (χ1) is 13.0. The lowest BCUT2D eigenvalue weighted by atomic mass is 9.61. The summed E-state index contributed by atoms with van der Waals surface area (Å²) in [4.78, 5) is 25.1. The molecular weight excluding hydrogens is 342 g/mol. The van der Waals surface area contributed by atoms with Crippen LogP contribution in [0.1, 0.15) is 89.9 Å². The first-order valence-electron chi connectivity index (χ1n) is 11.2. The largest absolute Gasteiger partial charge is 0.481 e. The molecule has 1 saturated heterocycles. The van der Waals surface area contributed by atoms with Gasteiger partial charge in [0, 0.05) is 19.4 Å². The summed E-state index contributed by atoms with van der Waals surface area (Å²) in [6, 6.07) is 0.0242. The summed E-state index contributed by atoms with van der Waals surface area (Å²) in [5.74, 6) is 0.484. The second-order valence-corrected chi connectivity index (χ2v) is 9.28. The molecule has 2 unspecified atom stereocenters. The van der Waals surface area contributed by atoms with Crippen molar-refractivity contribution in [3.63, 3.8) is 0 Å². The minimum atomic E-state index is -0.738. The Balaban J connectivity index is 1.36. The number of hydrogen-bond donors (Lipinski definition) is 2. The molecule has 2 atom stereocenters. The van der Waals surface area contributed by atoms with E-state index in [9.17, 15) is 14.7 Å². The second kappa shape index (κ2) is 9.51. The molecule has 2 N–H and O–H groups in total. The Morgan fingerprint density at radius 3 is 2.59 bits per heavy atom. The van der Waals surface area contributed by atoms with E-state index in [4.69, 9.17) is 5.11 Å². The third-order valence-corrected chi connectivity index (χ3v) is 7.20. The number of ketones is 1. The molecule has 0 aromatic carbocycles. The number of carboxylic acids is 1. The Bertz CT molecular complexity index is 512. The number of aliphatic carboxylic acids is 1. The minimum Gasteiger partial charge on any atom is -0.481 e. The van der Waals surface area contributed by atoms with E-state index in [1.165, 1.54) is 38.5 Å². The number of likely N-dealkylation sites (tertiary alicyclic amines) is 1. The van der Waals surface area contributed by atoms with Crippen molar-refractivity contribution in [3.8, 4) is 0 Å². The van der Waals surface area contributed by atoms with Crippen molar-refractivity contribution in [1.82, 2.24) is 4.90 Å². The van der Waals surface area contributed by atoms with E-state index in [-0.39, 0.29) is 24.0 Å². The van der Waals surface area contributed by atoms with Crippen molar-refractivity contribution in [2.75, 3.05) is 13.1 Å². The van der Waals surface area contributed by atoms with Crippen molar-refractivity contribution in [1.29, 1.82) is 0 Å². The number of Topliss-reactive ketones (excluding diaryl/α,β-unsaturated/α-hetero) is 1. The summed E-state index contributed by atoms with van der Waals surface area (Å²) >= 11 is 0. The molecule has 0 aromatic heterocycles. The van der Waals surface area contributed by atoms with Crippen molar-refractivity contribution in [2.24, 2.45) is 11.3 Å². The highest BCUT2D eigenvalue weighted by molar-refractivity contribution is 5.86. The van der Waals surface area contributed by atoms with Crippen molar-refractivity contribution < 1.29 is 19.8 Å². The lowest BCUT2D eigenvalue weighted by molar-refractivity contribution is -0.137. The van der Waals surface area contributed by atoms with Gasteiger partial charge >= 0.3 is 5.97 Å². The van der Waals surface area contributed by atoms with Gasteiger partial charge in [-0.2, -0.15) is 0 Å². The average Bonchev–Trinajstić information content (AvgIpc) is 3.35. The zero-order valence-electron chi connectivity index (χ0n) is 16.7. The van der Waals surface area contributed by atoms with Gasteiger partial charge in [0.2, 0.25) is 0 Å². The van der Waals surface area contributed by atoms with Crippen LogP contribution in [-0.4, -0.2) is 52.1 Å². The summed E-state index contributed by atoms with van der Waals surface area (Å²) in [5, 5.41) is 19.5. The van der Waals surface area contributed by atoms with Gasteiger partial charge in [-0.3, -0.25) is 14.5 Å². The number of carbonyl (C=O) groups excluding carboxylic acids is 1. The third-order valence-electron chi connectivity index (χ3n) is 7.20. The fourth-order valence-electron chi connectivity index (χ4n) is 5.18. The van der Waals surface area contributed by atoms with Gasteiger partial charge in [0.15, 0.2) is 5.78 Å². The molecule has 1 aliphatic heterocycles. The Hall–Kier alpha value is -0.940. The number of carboxylic acid groups (broad SMARTS) is 1. The molecule has 0 amide bonds. The summed E-state index contributed by atoms with van der Waals surface area (Å²) in [6.07, 6.45) is 13.5. The highest BCUT2D eigenvalue weighted by Gasteiger charge is 2.46. The maximum atomic E-state index is 12.2. The monoisotopic (exact) mass is 379 g/mol. The smallest absolute Gasteiger partial charge is 0.303 e. The highest BCUT2D eigenvalue weighted by Crippen LogP contribution is 2.53. The lowest BCUT2D eigenvalue weighted by Crippen LogP contribution is -2.42. The van der Waals surface area contributed by atoms with Crippen LogP contribution in [0.5, 0.6) is 0 Å². The molecule has 27 heavy (non-hydrogen) atoms. The molecular formula is C22H37NO4. The molecule has 0 radical (unpaired) electrons. The predicted molar refractivity (Wildman–Crippen MR) is 105 cm³/mol. The van der Waals surface area contributed by atoms with Crippen LogP contribution in [0.2, 0.25) is 0 Å². The fraction of sp³-hybridized carbons (Fsp3) is 0.909. The molecule has 3 aliphatic rings. The SMILES string of the molecule is O=C(O)CCCCCC1C(=O)CCN1CCCC(O)C1(CC2CC2)CCC1. The van der Waals surface area contributed by atoms with E-state index in [0.717, 1.165) is 51.1 Å². The van der Waals surface area contributed by atoms with Gasteiger partial charge in [-0.15, -0.1) is 0 Å². The lowest BCUT2D eigenvalue weighted by Gasteiger charge is -2.46. The molecule has 0 spiro atoms. The van der Waals surface area contributed by atoms with Crippen LogP contribution in [0.25, 0.3) is 0 Å². The van der Waals surface area contributed by atoms with E-state index >= 15 is 0 Å². The summed E-state index contributed by atoms with van der Waals surface area (Å²) in [6.45, 7) is 1.75. The Morgan fingerprint density at radius 1 is 1.19 bits per heavy atom. The molecule has 0 bridgehead atoms. The number of hydrogen-bond acceptors (Lipinski definition) is 4. The van der Waals surface area contributed by atoms with Crippen LogP contribution in [0, 0.1) is 11.3 Å². The molecule has 5 nitrogen and oxygen atoms in total. The molecule has 3 rings (SSSR count). The highest BCUT2D eigenvalue weighted by atomic mass is 16.4. The molecule has 3 fully saturated rings. The minimum absolute atomic E-state index is 0.0242. The van der Waals surface area contributed by atoms with Crippen LogP contribution in [0.3, 0.4) is 0 Å². The van der Waals surface area contributed by atoms with Gasteiger partial charge in [0.1, 0.15) is 0 Å². The maximum absolute atomic E-state index is 12.2. The summed E-state index contributed by atoms with van der Waals surface area (Å²) in [5.41, 5.74) is 0.214. The Labute approximate surface area is 163 Å². The molecule has 0 aromatic rings. The zero-order chi connectivity index (χ0) is 19.3. The van der Waals surface area contributed by atoms with Gasteiger partial charge in [0.25, 0.3) is 0 Å². The van der Waals surface area contributed by atoms with Crippen LogP contribution < -0.4 is 0 Å². The molecule has 2 saturated carbocycles. The van der Waals surface area contributed by atoms with Crippen molar-refractivity contribution in [3.05, 3.63) is 0 Å². The number of unbranched alkanes of at least 4 members (excludes halogenated alkanes) is 2. The normalized spacial score (nSPS) is 26.1. The van der Waals surface area contributed by atoms with E-state index < -0.39 is 5.97 Å². The van der Waals surface area contributed by atoms with Gasteiger partial charge < -0.3 is 10.2 Å². The van der Waals surface area contributed by atoms with E-state index in [1.807, 2.05) is 0 Å². The molecule has 1 heterocycles. The number of rotatable bonds is 13. The van der Waals surface area contributed by atoms with Crippen molar-refractivity contribution in [2.45, 2.75) is 102 Å². The quantitative estimate of drug-likeness (QED) is 0.476. The van der Waals surface area contributed by atoms with Crippen LogP contribution >= 0.6 is 0 Å². The maximum Gasteiger partial charge on any atom is 0.303 e. The van der Waals surface area contributed by atoms with Crippen LogP contribution in [0.15, 0.2) is 0 Å². The van der Waals surface area contributed by atoms with E-state index in [2.05, 4.69) is 4.90 Å². The Kier molecular flexibility index (Phi) is 7.32. The van der Waals surface area contributed by atoms with Crippen LogP contribution in [-0.2, 0) is 9.59 Å². The zero-order valence-corrected chi connectivity index (χ0v) is 16.7. The molecule has 2 aliphatic carbocycles. The Morgan fingerprint density at radius 2 is 1.96 bits per heavy atom. The van der Waals surface area contributed by atoms with Crippen LogP contribution in [0.4, 0.5) is 0 Å². The van der Waals surface area contributed by atoms with E-state index in [1.54, 1.807) is 0 Å². The topological polar surface area (TPSA) is 77.8 Å². The van der Waals surface area contributed by atoms with Gasteiger partial charge in [-0.05, 0) is 62.8 Å². The first kappa shape index (κ1) is 20.8. The van der Waals surface area contributed by atoms with E-state index in [0.29, 0.717) is 18.6 Å². The number of aliphatic hydroxyl groups excluding tert-OH is 1. The first-order valence-corrected chi connectivity index (χ1v) is 11.2. The third kappa shape index (κ3) is 5.77. The number of carbonyl (C=O) groups is 2. The fourth-order valence-corrected chi connectivity index (χ4v) is 5.18. The predicted octanol–water partition coefficient (Wildman–Crippen LogP) is 3.78. The molecule has 5 heteroatoms. The second-order valence-electron chi connectivity index (χ2n) is 9.28. The van der Waals surface area contributed by atoms with Gasteiger partial charge in [0.05, 0.1) is 12.1 Å². The number of aliphatic hydroxyl groups is 1. The molecule has 154 valence electrons. The standard InChI is InChI=1S/C22H37NO4/c24-19-11-15-23(18(19)6-2-1-3-8-21(26)27)14-4-7-20(25)22(12-5-13-22)16-17-9-10-17/h17-18,20,25H,1-16H2,(H,26,27). The van der Waals surface area contributed by atoms with Gasteiger partial charge in [-0.25, -0.2) is 0 Å².